The minimum absolute atomic E-state index is 0.189. The first-order valence-electron chi connectivity index (χ1n) is 7.21. The number of amides is 1. The van der Waals surface area contributed by atoms with E-state index >= 15 is 0 Å². The third-order valence-electron chi connectivity index (χ3n) is 3.46. The van der Waals surface area contributed by atoms with Crippen molar-refractivity contribution in [1.29, 1.82) is 0 Å². The number of rotatable bonds is 6. The first-order chi connectivity index (χ1) is 10.2. The Hall–Kier alpha value is -1.74. The van der Waals surface area contributed by atoms with Gasteiger partial charge in [0.15, 0.2) is 0 Å². The summed E-state index contributed by atoms with van der Waals surface area (Å²) in [5.41, 5.74) is 2.46. The van der Waals surface area contributed by atoms with Crippen molar-refractivity contribution in [2.75, 3.05) is 12.3 Å². The molecule has 2 rings (SSSR count). The molecule has 0 heterocycles. The van der Waals surface area contributed by atoms with Crippen molar-refractivity contribution in [3.8, 4) is 0 Å². The van der Waals surface area contributed by atoms with Crippen LogP contribution < -0.4 is 0 Å². The predicted octanol–water partition coefficient (Wildman–Crippen LogP) is 4.14. The number of carbonyl (C=O) groups is 1. The summed E-state index contributed by atoms with van der Waals surface area (Å²) in [6.07, 6.45) is 0. The van der Waals surface area contributed by atoms with Gasteiger partial charge in [-0.15, -0.1) is 11.8 Å². The largest absolute Gasteiger partial charge is 0.338 e. The highest BCUT2D eigenvalue weighted by Crippen LogP contribution is 2.18. The lowest BCUT2D eigenvalue weighted by atomic mass is 10.1. The summed E-state index contributed by atoms with van der Waals surface area (Å²) in [5, 5.41) is 0. The average molecular weight is 299 g/mol. The van der Waals surface area contributed by atoms with Crippen LogP contribution in [0, 0.1) is 6.92 Å². The molecule has 0 radical (unpaired) electrons. The van der Waals surface area contributed by atoms with Crippen molar-refractivity contribution < 1.29 is 4.79 Å². The monoisotopic (exact) mass is 299 g/mol. The maximum absolute atomic E-state index is 12.4. The van der Waals surface area contributed by atoms with E-state index in [1.807, 2.05) is 54.3 Å². The number of hydrogen-bond donors (Lipinski definition) is 0. The van der Waals surface area contributed by atoms with Gasteiger partial charge >= 0.3 is 0 Å². The molecule has 21 heavy (non-hydrogen) atoms. The van der Waals surface area contributed by atoms with Crippen LogP contribution in [0.15, 0.2) is 59.5 Å². The summed E-state index contributed by atoms with van der Waals surface area (Å²) in [4.78, 5) is 15.4. The molecule has 0 spiro atoms. The van der Waals surface area contributed by atoms with E-state index in [-0.39, 0.29) is 5.91 Å². The second-order valence-electron chi connectivity index (χ2n) is 4.94. The first-order valence-corrected chi connectivity index (χ1v) is 8.19. The first kappa shape index (κ1) is 15.6. The van der Waals surface area contributed by atoms with Crippen molar-refractivity contribution in [1.82, 2.24) is 4.90 Å². The fraction of sp³-hybridized carbons (Fsp3) is 0.278. The minimum Gasteiger partial charge on any atom is -0.338 e. The van der Waals surface area contributed by atoms with Crippen molar-refractivity contribution in [2.24, 2.45) is 0 Å². The van der Waals surface area contributed by atoms with E-state index in [9.17, 15) is 4.79 Å². The van der Waals surface area contributed by atoms with E-state index in [1.165, 1.54) is 11.1 Å². The molecular formula is C18H21NOS. The molecule has 0 aromatic heterocycles. The van der Waals surface area contributed by atoms with Gasteiger partial charge in [0.25, 0.3) is 0 Å². The quantitative estimate of drug-likeness (QED) is 0.747. The lowest BCUT2D eigenvalue weighted by Crippen LogP contribution is -2.32. The van der Waals surface area contributed by atoms with E-state index < -0.39 is 0 Å². The van der Waals surface area contributed by atoms with Crippen LogP contribution in [-0.4, -0.2) is 23.1 Å². The topological polar surface area (TPSA) is 20.3 Å². The van der Waals surface area contributed by atoms with E-state index in [2.05, 4.69) is 19.1 Å². The van der Waals surface area contributed by atoms with E-state index in [4.69, 9.17) is 0 Å². The molecule has 0 atom stereocenters. The zero-order valence-electron chi connectivity index (χ0n) is 12.6. The van der Waals surface area contributed by atoms with Crippen LogP contribution in [0.25, 0.3) is 0 Å². The molecule has 0 N–H and O–H groups in total. The minimum atomic E-state index is 0.189. The molecule has 3 heteroatoms. The SMILES string of the molecule is CCN(Cc1ccccc1C)C(=O)CSc1ccccc1. The fourth-order valence-electron chi connectivity index (χ4n) is 2.12. The smallest absolute Gasteiger partial charge is 0.233 e. The van der Waals surface area contributed by atoms with Crippen LogP contribution in [0.1, 0.15) is 18.1 Å². The second kappa shape index (κ2) is 7.89. The Bertz CT molecular complexity index is 583. The standard InChI is InChI=1S/C18H21NOS/c1-3-19(13-16-10-8-7-9-15(16)2)18(20)14-21-17-11-5-4-6-12-17/h4-12H,3,13-14H2,1-2H3. The number of carbonyl (C=O) groups excluding carboxylic acids is 1. The maximum atomic E-state index is 12.4. The van der Waals surface area contributed by atoms with Crippen molar-refractivity contribution >= 4 is 17.7 Å². The Kier molecular flexibility index (Phi) is 5.88. The van der Waals surface area contributed by atoms with Gasteiger partial charge in [-0.2, -0.15) is 0 Å². The highest BCUT2D eigenvalue weighted by Gasteiger charge is 2.13. The van der Waals surface area contributed by atoms with Gasteiger partial charge in [-0.1, -0.05) is 42.5 Å². The van der Waals surface area contributed by atoms with Gasteiger partial charge in [0.05, 0.1) is 5.75 Å². The molecule has 1 amide bonds. The highest BCUT2D eigenvalue weighted by molar-refractivity contribution is 8.00. The highest BCUT2D eigenvalue weighted by atomic mass is 32.2. The normalized spacial score (nSPS) is 10.4. The zero-order chi connectivity index (χ0) is 15.1. The lowest BCUT2D eigenvalue weighted by Gasteiger charge is -2.22. The molecule has 0 aliphatic carbocycles. The fourth-order valence-corrected chi connectivity index (χ4v) is 2.94. The zero-order valence-corrected chi connectivity index (χ0v) is 13.4. The van der Waals surface area contributed by atoms with E-state index in [0.717, 1.165) is 11.4 Å². The van der Waals surface area contributed by atoms with Crippen LogP contribution in [0.4, 0.5) is 0 Å². The van der Waals surface area contributed by atoms with Gasteiger partial charge in [-0.25, -0.2) is 0 Å². The molecule has 2 aromatic rings. The van der Waals surface area contributed by atoms with Crippen molar-refractivity contribution in [2.45, 2.75) is 25.3 Å². The lowest BCUT2D eigenvalue weighted by molar-refractivity contribution is -0.128. The summed E-state index contributed by atoms with van der Waals surface area (Å²) in [7, 11) is 0. The van der Waals surface area contributed by atoms with Gasteiger partial charge in [0.2, 0.25) is 5.91 Å². The van der Waals surface area contributed by atoms with Crippen LogP contribution in [0.3, 0.4) is 0 Å². The third-order valence-corrected chi connectivity index (χ3v) is 4.46. The summed E-state index contributed by atoms with van der Waals surface area (Å²) >= 11 is 1.60. The van der Waals surface area contributed by atoms with E-state index in [0.29, 0.717) is 12.3 Å². The molecule has 0 unspecified atom stereocenters. The Labute approximate surface area is 131 Å². The molecule has 0 saturated heterocycles. The van der Waals surface area contributed by atoms with Gasteiger partial charge in [-0.3, -0.25) is 4.79 Å². The second-order valence-corrected chi connectivity index (χ2v) is 5.98. The van der Waals surface area contributed by atoms with Crippen LogP contribution in [0.2, 0.25) is 0 Å². The molecule has 110 valence electrons. The van der Waals surface area contributed by atoms with Gasteiger partial charge in [0.1, 0.15) is 0 Å². The Morgan fingerprint density at radius 1 is 1.05 bits per heavy atom. The molecule has 0 bridgehead atoms. The Balaban J connectivity index is 1.94. The molecular weight excluding hydrogens is 278 g/mol. The number of hydrogen-bond acceptors (Lipinski definition) is 2. The molecule has 0 aliphatic heterocycles. The summed E-state index contributed by atoms with van der Waals surface area (Å²) in [6.45, 7) is 5.55. The number of aryl methyl sites for hydroxylation is 1. The van der Waals surface area contributed by atoms with Crippen LogP contribution in [-0.2, 0) is 11.3 Å². The van der Waals surface area contributed by atoms with Gasteiger partial charge < -0.3 is 4.90 Å². The number of nitrogens with zero attached hydrogens (tertiary/aromatic N) is 1. The van der Waals surface area contributed by atoms with Crippen LogP contribution in [0.5, 0.6) is 0 Å². The predicted molar refractivity (Wildman–Crippen MR) is 89.4 cm³/mol. The summed E-state index contributed by atoms with van der Waals surface area (Å²) in [5.74, 6) is 0.679. The third kappa shape index (κ3) is 4.64. The number of benzene rings is 2. The molecule has 0 aliphatic rings. The summed E-state index contributed by atoms with van der Waals surface area (Å²) in [6, 6.07) is 18.3. The average Bonchev–Trinajstić information content (AvgIpc) is 2.53. The molecule has 2 aromatic carbocycles. The van der Waals surface area contributed by atoms with Gasteiger partial charge in [-0.05, 0) is 37.1 Å². The molecule has 2 nitrogen and oxygen atoms in total. The summed E-state index contributed by atoms with van der Waals surface area (Å²) < 4.78 is 0. The van der Waals surface area contributed by atoms with Crippen molar-refractivity contribution in [3.05, 3.63) is 65.7 Å². The Morgan fingerprint density at radius 2 is 1.71 bits per heavy atom. The Morgan fingerprint density at radius 3 is 2.38 bits per heavy atom. The molecule has 0 fully saturated rings. The maximum Gasteiger partial charge on any atom is 0.233 e. The van der Waals surface area contributed by atoms with Gasteiger partial charge in [0, 0.05) is 18.0 Å². The van der Waals surface area contributed by atoms with Crippen molar-refractivity contribution in [3.63, 3.8) is 0 Å². The van der Waals surface area contributed by atoms with Crippen LogP contribution >= 0.6 is 11.8 Å². The van der Waals surface area contributed by atoms with E-state index in [1.54, 1.807) is 11.8 Å². The number of thioether (sulfide) groups is 1. The molecule has 0 saturated carbocycles.